The number of thiophene rings is 1. The van der Waals surface area contributed by atoms with E-state index < -0.39 is 0 Å². The normalized spacial score (nSPS) is 10.6. The van der Waals surface area contributed by atoms with E-state index in [1.54, 1.807) is 17.7 Å². The Kier molecular flexibility index (Phi) is 2.49. The third-order valence-corrected chi connectivity index (χ3v) is 3.59. The van der Waals surface area contributed by atoms with E-state index in [1.807, 2.05) is 31.6 Å². The second-order valence-electron chi connectivity index (χ2n) is 3.77. The van der Waals surface area contributed by atoms with Gasteiger partial charge in [-0.2, -0.15) is 0 Å². The van der Waals surface area contributed by atoms with Gasteiger partial charge in [0, 0.05) is 29.9 Å². The molecule has 0 spiro atoms. The lowest BCUT2D eigenvalue weighted by molar-refractivity contribution is 0.929. The van der Waals surface area contributed by atoms with Crippen LogP contribution in [0.3, 0.4) is 0 Å². The molecule has 3 aromatic rings. The summed E-state index contributed by atoms with van der Waals surface area (Å²) in [5, 5.41) is 2.07. The monoisotopic (exact) mass is 241 g/mol. The molecule has 0 saturated heterocycles. The fourth-order valence-corrected chi connectivity index (χ4v) is 2.59. The van der Waals surface area contributed by atoms with Crippen LogP contribution >= 0.6 is 11.3 Å². The molecule has 0 saturated carbocycles. The average Bonchev–Trinajstić information content (AvgIpc) is 3.00. The number of hydrogen-bond donors (Lipinski definition) is 0. The van der Waals surface area contributed by atoms with Gasteiger partial charge in [0.15, 0.2) is 0 Å². The van der Waals surface area contributed by atoms with Gasteiger partial charge in [0.2, 0.25) is 0 Å². The second kappa shape index (κ2) is 4.14. The van der Waals surface area contributed by atoms with Gasteiger partial charge < -0.3 is 4.57 Å². The Labute approximate surface area is 103 Å². The fourth-order valence-electron chi connectivity index (χ4n) is 1.85. The molecule has 84 valence electrons. The topological polar surface area (TPSA) is 30.7 Å². The maximum atomic E-state index is 4.41. The van der Waals surface area contributed by atoms with Crippen LogP contribution in [0.15, 0.2) is 48.4 Å². The molecule has 3 nitrogen and oxygen atoms in total. The van der Waals surface area contributed by atoms with E-state index in [4.69, 9.17) is 0 Å². The molecule has 0 fully saturated rings. The first-order chi connectivity index (χ1) is 8.36. The predicted molar refractivity (Wildman–Crippen MR) is 69.8 cm³/mol. The van der Waals surface area contributed by atoms with E-state index in [-0.39, 0.29) is 0 Å². The van der Waals surface area contributed by atoms with Crippen molar-refractivity contribution in [2.45, 2.75) is 0 Å². The molecule has 3 rings (SSSR count). The fraction of sp³-hybridized carbons (Fsp3) is 0.0769. The third kappa shape index (κ3) is 1.76. The van der Waals surface area contributed by atoms with Crippen LogP contribution in [-0.2, 0) is 7.05 Å². The van der Waals surface area contributed by atoms with Crippen molar-refractivity contribution in [2.24, 2.45) is 7.05 Å². The van der Waals surface area contributed by atoms with Crippen molar-refractivity contribution >= 4 is 11.3 Å². The number of hydrogen-bond acceptors (Lipinski definition) is 3. The van der Waals surface area contributed by atoms with Crippen molar-refractivity contribution in [3.63, 3.8) is 0 Å². The zero-order valence-corrected chi connectivity index (χ0v) is 10.2. The minimum atomic E-state index is 0.981. The summed E-state index contributed by atoms with van der Waals surface area (Å²) in [6, 6.07) is 8.23. The minimum Gasteiger partial charge on any atom is -0.349 e. The Balaban J connectivity index is 2.22. The van der Waals surface area contributed by atoms with Crippen molar-refractivity contribution in [3.05, 3.63) is 48.4 Å². The highest BCUT2D eigenvalue weighted by Gasteiger charge is 2.11. The molecule has 0 atom stereocenters. The van der Waals surface area contributed by atoms with Crippen LogP contribution in [0.4, 0.5) is 0 Å². The van der Waals surface area contributed by atoms with Gasteiger partial charge in [0.25, 0.3) is 0 Å². The molecule has 0 aliphatic carbocycles. The van der Waals surface area contributed by atoms with Gasteiger partial charge in [-0.15, -0.1) is 11.3 Å². The van der Waals surface area contributed by atoms with Gasteiger partial charge >= 0.3 is 0 Å². The Morgan fingerprint density at radius 3 is 2.88 bits per heavy atom. The Bertz CT molecular complexity index is 626. The third-order valence-electron chi connectivity index (χ3n) is 2.69. The Morgan fingerprint density at radius 1 is 1.24 bits per heavy atom. The van der Waals surface area contributed by atoms with Crippen molar-refractivity contribution in [1.29, 1.82) is 0 Å². The average molecular weight is 241 g/mol. The second-order valence-corrected chi connectivity index (χ2v) is 4.71. The summed E-state index contributed by atoms with van der Waals surface area (Å²) in [6.45, 7) is 0. The molecule has 0 aliphatic rings. The molecule has 17 heavy (non-hydrogen) atoms. The lowest BCUT2D eigenvalue weighted by atomic mass is 10.1. The van der Waals surface area contributed by atoms with E-state index in [9.17, 15) is 0 Å². The van der Waals surface area contributed by atoms with Crippen molar-refractivity contribution in [1.82, 2.24) is 14.5 Å². The van der Waals surface area contributed by atoms with Gasteiger partial charge in [0.1, 0.15) is 6.33 Å². The summed E-state index contributed by atoms with van der Waals surface area (Å²) in [4.78, 5) is 9.74. The van der Waals surface area contributed by atoms with Gasteiger partial charge in [-0.1, -0.05) is 6.07 Å². The Morgan fingerprint density at radius 2 is 2.18 bits per heavy atom. The van der Waals surface area contributed by atoms with Crippen LogP contribution in [0, 0.1) is 0 Å². The van der Waals surface area contributed by atoms with E-state index in [0.29, 0.717) is 0 Å². The summed E-state index contributed by atoms with van der Waals surface area (Å²) in [7, 11) is 2.02. The quantitative estimate of drug-likeness (QED) is 0.689. The largest absolute Gasteiger partial charge is 0.349 e. The molecule has 3 heterocycles. The zero-order chi connectivity index (χ0) is 11.7. The summed E-state index contributed by atoms with van der Waals surface area (Å²) < 4.78 is 2.07. The molecular weight excluding hydrogens is 230 g/mol. The molecule has 0 aromatic carbocycles. The van der Waals surface area contributed by atoms with Crippen LogP contribution in [-0.4, -0.2) is 14.5 Å². The number of aromatic nitrogens is 3. The van der Waals surface area contributed by atoms with Gasteiger partial charge in [-0.05, 0) is 23.6 Å². The molecule has 0 amide bonds. The van der Waals surface area contributed by atoms with Crippen molar-refractivity contribution in [2.75, 3.05) is 0 Å². The minimum absolute atomic E-state index is 0.981. The number of rotatable bonds is 2. The van der Waals surface area contributed by atoms with Crippen LogP contribution in [0.25, 0.3) is 21.8 Å². The number of nitrogens with zero attached hydrogens (tertiary/aromatic N) is 3. The molecule has 4 heteroatoms. The molecular formula is C13H11N3S. The SMILES string of the molecule is Cn1cccc1-c1ncncc1-c1cccs1. The zero-order valence-electron chi connectivity index (χ0n) is 9.37. The summed E-state index contributed by atoms with van der Waals surface area (Å²) in [5.74, 6) is 0. The summed E-state index contributed by atoms with van der Waals surface area (Å²) >= 11 is 1.70. The van der Waals surface area contributed by atoms with Crippen LogP contribution in [0.5, 0.6) is 0 Å². The van der Waals surface area contributed by atoms with Crippen LogP contribution < -0.4 is 0 Å². The first-order valence-corrected chi connectivity index (χ1v) is 6.20. The smallest absolute Gasteiger partial charge is 0.116 e. The summed E-state index contributed by atoms with van der Waals surface area (Å²) in [5.41, 5.74) is 3.18. The number of aryl methyl sites for hydroxylation is 1. The van der Waals surface area contributed by atoms with Crippen molar-refractivity contribution in [3.8, 4) is 21.8 Å². The first-order valence-electron chi connectivity index (χ1n) is 5.32. The molecule has 0 radical (unpaired) electrons. The van der Waals surface area contributed by atoms with Crippen LogP contribution in [0.1, 0.15) is 0 Å². The highest BCUT2D eigenvalue weighted by molar-refractivity contribution is 7.13. The summed E-state index contributed by atoms with van der Waals surface area (Å²) in [6.07, 6.45) is 5.50. The van der Waals surface area contributed by atoms with E-state index in [1.165, 1.54) is 4.88 Å². The predicted octanol–water partition coefficient (Wildman–Crippen LogP) is 3.21. The van der Waals surface area contributed by atoms with Crippen LogP contribution in [0.2, 0.25) is 0 Å². The highest BCUT2D eigenvalue weighted by atomic mass is 32.1. The maximum absolute atomic E-state index is 4.41. The van der Waals surface area contributed by atoms with E-state index in [0.717, 1.165) is 17.0 Å². The molecule has 0 unspecified atom stereocenters. The van der Waals surface area contributed by atoms with E-state index in [2.05, 4.69) is 32.0 Å². The molecule has 0 bridgehead atoms. The lowest BCUT2D eigenvalue weighted by Crippen LogP contribution is -1.95. The standard InChI is InChI=1S/C13H11N3S/c1-16-6-2-4-11(16)13-10(8-14-9-15-13)12-5-3-7-17-12/h2-9H,1H3. The molecule has 3 aromatic heterocycles. The molecule has 0 N–H and O–H groups in total. The maximum Gasteiger partial charge on any atom is 0.116 e. The van der Waals surface area contributed by atoms with Gasteiger partial charge in [0.05, 0.1) is 11.4 Å². The Hall–Kier alpha value is -1.94. The van der Waals surface area contributed by atoms with Crippen molar-refractivity contribution < 1.29 is 0 Å². The lowest BCUT2D eigenvalue weighted by Gasteiger charge is -2.07. The van der Waals surface area contributed by atoms with Gasteiger partial charge in [-0.3, -0.25) is 0 Å². The highest BCUT2D eigenvalue weighted by Crippen LogP contribution is 2.32. The van der Waals surface area contributed by atoms with Gasteiger partial charge in [-0.25, -0.2) is 9.97 Å². The molecule has 0 aliphatic heterocycles. The first kappa shape index (κ1) is 10.2. The van der Waals surface area contributed by atoms with E-state index >= 15 is 0 Å².